The molecule has 0 spiro atoms. The lowest BCUT2D eigenvalue weighted by Gasteiger charge is -2.24. The number of hydrogen-bond acceptors (Lipinski definition) is 5. The van der Waals surface area contributed by atoms with Crippen molar-refractivity contribution in [2.45, 2.75) is 45.8 Å². The van der Waals surface area contributed by atoms with Crippen LogP contribution in [0, 0.1) is 0 Å². The molecule has 7 heteroatoms. The maximum absolute atomic E-state index is 5.87. The quantitative estimate of drug-likeness (QED) is 0.481. The van der Waals surface area contributed by atoms with E-state index in [9.17, 15) is 0 Å². The van der Waals surface area contributed by atoms with Crippen LogP contribution in [0.15, 0.2) is 47.6 Å². The SMILES string of the molecule is CCNC(=NCc1ccnc(Oc2ccc(OCC)cc2)c1)NCC1(C)CCCO1. The summed E-state index contributed by atoms with van der Waals surface area (Å²) in [6.07, 6.45) is 3.92. The van der Waals surface area contributed by atoms with Gasteiger partial charge >= 0.3 is 0 Å². The van der Waals surface area contributed by atoms with E-state index in [2.05, 4.69) is 29.5 Å². The molecule has 1 aliphatic rings. The minimum Gasteiger partial charge on any atom is -0.494 e. The molecular formula is C23H32N4O3. The molecule has 30 heavy (non-hydrogen) atoms. The molecule has 1 aliphatic heterocycles. The van der Waals surface area contributed by atoms with Crippen molar-refractivity contribution in [1.82, 2.24) is 15.6 Å². The van der Waals surface area contributed by atoms with E-state index in [1.807, 2.05) is 43.3 Å². The van der Waals surface area contributed by atoms with Crippen LogP contribution in [0.25, 0.3) is 0 Å². The number of rotatable bonds is 9. The van der Waals surface area contributed by atoms with Gasteiger partial charge in [0.2, 0.25) is 5.88 Å². The summed E-state index contributed by atoms with van der Waals surface area (Å²) in [6, 6.07) is 11.4. The average molecular weight is 413 g/mol. The number of ether oxygens (including phenoxy) is 3. The number of nitrogens with one attached hydrogen (secondary N) is 2. The summed E-state index contributed by atoms with van der Waals surface area (Å²) in [6.45, 7) is 9.69. The van der Waals surface area contributed by atoms with Crippen molar-refractivity contribution in [2.24, 2.45) is 4.99 Å². The van der Waals surface area contributed by atoms with Gasteiger partial charge < -0.3 is 24.8 Å². The maximum atomic E-state index is 5.87. The van der Waals surface area contributed by atoms with Crippen molar-refractivity contribution in [1.29, 1.82) is 0 Å². The predicted octanol–water partition coefficient (Wildman–Crippen LogP) is 3.90. The molecule has 162 valence electrons. The summed E-state index contributed by atoms with van der Waals surface area (Å²) < 4.78 is 17.2. The maximum Gasteiger partial charge on any atom is 0.219 e. The molecule has 1 atom stereocenters. The Hall–Kier alpha value is -2.80. The van der Waals surface area contributed by atoms with Gasteiger partial charge in [0.25, 0.3) is 0 Å². The van der Waals surface area contributed by atoms with Gasteiger partial charge in [-0.3, -0.25) is 0 Å². The van der Waals surface area contributed by atoms with Crippen molar-refractivity contribution in [3.63, 3.8) is 0 Å². The van der Waals surface area contributed by atoms with Gasteiger partial charge in [-0.05, 0) is 69.5 Å². The third-order valence-corrected chi connectivity index (χ3v) is 4.85. The first-order chi connectivity index (χ1) is 14.6. The summed E-state index contributed by atoms with van der Waals surface area (Å²) >= 11 is 0. The number of guanidine groups is 1. The molecule has 2 N–H and O–H groups in total. The molecule has 0 radical (unpaired) electrons. The van der Waals surface area contributed by atoms with Crippen LogP contribution < -0.4 is 20.1 Å². The molecule has 1 aromatic heterocycles. The Bertz CT molecular complexity index is 817. The number of hydrogen-bond donors (Lipinski definition) is 2. The van der Waals surface area contributed by atoms with E-state index < -0.39 is 0 Å². The summed E-state index contributed by atoms with van der Waals surface area (Å²) in [5.74, 6) is 2.85. The predicted molar refractivity (Wildman–Crippen MR) is 118 cm³/mol. The lowest BCUT2D eigenvalue weighted by atomic mass is 10.0. The highest BCUT2D eigenvalue weighted by molar-refractivity contribution is 5.79. The van der Waals surface area contributed by atoms with Crippen LogP contribution in [0.5, 0.6) is 17.4 Å². The van der Waals surface area contributed by atoms with E-state index in [4.69, 9.17) is 19.2 Å². The van der Waals surface area contributed by atoms with Crippen molar-refractivity contribution < 1.29 is 14.2 Å². The Kier molecular flexibility index (Phi) is 7.90. The number of benzene rings is 1. The third kappa shape index (κ3) is 6.62. The van der Waals surface area contributed by atoms with Crippen molar-refractivity contribution in [3.05, 3.63) is 48.2 Å². The van der Waals surface area contributed by atoms with E-state index in [1.54, 1.807) is 6.20 Å². The number of nitrogens with zero attached hydrogens (tertiary/aromatic N) is 2. The first kappa shape index (κ1) is 21.9. The summed E-state index contributed by atoms with van der Waals surface area (Å²) in [5, 5.41) is 6.69. The van der Waals surface area contributed by atoms with Gasteiger partial charge in [0, 0.05) is 32.0 Å². The first-order valence-corrected chi connectivity index (χ1v) is 10.6. The Labute approximate surface area is 178 Å². The van der Waals surface area contributed by atoms with E-state index in [1.165, 1.54) is 0 Å². The van der Waals surface area contributed by atoms with Gasteiger partial charge in [0.15, 0.2) is 5.96 Å². The number of aromatic nitrogens is 1. The van der Waals surface area contributed by atoms with Crippen molar-refractivity contribution >= 4 is 5.96 Å². The molecule has 1 saturated heterocycles. The molecule has 2 heterocycles. The fourth-order valence-corrected chi connectivity index (χ4v) is 3.25. The molecule has 0 saturated carbocycles. The van der Waals surface area contributed by atoms with E-state index >= 15 is 0 Å². The lowest BCUT2D eigenvalue weighted by Crippen LogP contribution is -2.45. The van der Waals surface area contributed by atoms with Gasteiger partial charge in [-0.25, -0.2) is 9.98 Å². The molecule has 1 fully saturated rings. The zero-order valence-corrected chi connectivity index (χ0v) is 18.1. The fraction of sp³-hybridized carbons (Fsp3) is 0.478. The van der Waals surface area contributed by atoms with Crippen LogP contribution in [0.3, 0.4) is 0 Å². The Balaban J connectivity index is 1.59. The molecule has 0 bridgehead atoms. The normalized spacial score (nSPS) is 18.8. The largest absolute Gasteiger partial charge is 0.494 e. The molecule has 2 aromatic rings. The van der Waals surface area contributed by atoms with Crippen LogP contribution in [0.2, 0.25) is 0 Å². The van der Waals surface area contributed by atoms with Gasteiger partial charge in [0.05, 0.1) is 18.8 Å². The third-order valence-electron chi connectivity index (χ3n) is 4.85. The van der Waals surface area contributed by atoms with Crippen LogP contribution in [0.4, 0.5) is 0 Å². The molecule has 3 rings (SSSR count). The van der Waals surface area contributed by atoms with Crippen molar-refractivity contribution in [2.75, 3.05) is 26.3 Å². The fourth-order valence-electron chi connectivity index (χ4n) is 3.25. The Morgan fingerprint density at radius 2 is 1.97 bits per heavy atom. The van der Waals surface area contributed by atoms with Gasteiger partial charge in [0.1, 0.15) is 11.5 Å². The van der Waals surface area contributed by atoms with Gasteiger partial charge in [-0.15, -0.1) is 0 Å². The second-order valence-electron chi connectivity index (χ2n) is 7.46. The number of pyridine rings is 1. The van der Waals surface area contributed by atoms with Crippen LogP contribution in [-0.2, 0) is 11.3 Å². The topological polar surface area (TPSA) is 77.0 Å². The molecule has 0 aliphatic carbocycles. The Morgan fingerprint density at radius 3 is 2.67 bits per heavy atom. The number of aliphatic imine (C=N–C) groups is 1. The Morgan fingerprint density at radius 1 is 1.17 bits per heavy atom. The highest BCUT2D eigenvalue weighted by atomic mass is 16.5. The molecular weight excluding hydrogens is 380 g/mol. The van der Waals surface area contributed by atoms with E-state index in [0.717, 1.165) is 49.8 Å². The molecule has 0 amide bonds. The van der Waals surface area contributed by atoms with Crippen molar-refractivity contribution in [3.8, 4) is 17.4 Å². The smallest absolute Gasteiger partial charge is 0.219 e. The second-order valence-corrected chi connectivity index (χ2v) is 7.46. The molecule has 1 aromatic carbocycles. The average Bonchev–Trinajstić information content (AvgIpc) is 3.19. The molecule has 1 unspecified atom stereocenters. The highest BCUT2D eigenvalue weighted by Crippen LogP contribution is 2.24. The molecule has 7 nitrogen and oxygen atoms in total. The van der Waals surface area contributed by atoms with Crippen LogP contribution >= 0.6 is 0 Å². The first-order valence-electron chi connectivity index (χ1n) is 10.6. The van der Waals surface area contributed by atoms with Gasteiger partial charge in [-0.2, -0.15) is 0 Å². The zero-order valence-electron chi connectivity index (χ0n) is 18.1. The zero-order chi connectivity index (χ0) is 21.2. The van der Waals surface area contributed by atoms with E-state index in [0.29, 0.717) is 24.8 Å². The second kappa shape index (κ2) is 10.8. The summed E-state index contributed by atoms with van der Waals surface area (Å²) in [4.78, 5) is 9.00. The summed E-state index contributed by atoms with van der Waals surface area (Å²) in [5.41, 5.74) is 0.900. The summed E-state index contributed by atoms with van der Waals surface area (Å²) in [7, 11) is 0. The van der Waals surface area contributed by atoms with Crippen LogP contribution in [-0.4, -0.2) is 42.8 Å². The highest BCUT2D eigenvalue weighted by Gasteiger charge is 2.29. The van der Waals surface area contributed by atoms with E-state index in [-0.39, 0.29) is 5.60 Å². The van der Waals surface area contributed by atoms with Crippen LogP contribution in [0.1, 0.15) is 39.2 Å². The monoisotopic (exact) mass is 412 g/mol. The standard InChI is InChI=1S/C23H32N4O3/c1-4-24-22(27-17-23(3)12-6-14-29-23)26-16-18-11-13-25-21(15-18)30-20-9-7-19(8-10-20)28-5-2/h7-11,13,15H,4-6,12,14,16-17H2,1-3H3,(H2,24,26,27). The minimum atomic E-state index is -0.119. The lowest BCUT2D eigenvalue weighted by molar-refractivity contribution is 0.0243. The minimum absolute atomic E-state index is 0.119. The van der Waals surface area contributed by atoms with Gasteiger partial charge in [-0.1, -0.05) is 0 Å².